The van der Waals surface area contributed by atoms with E-state index in [-0.39, 0.29) is 18.5 Å². The fourth-order valence-electron chi connectivity index (χ4n) is 3.41. The average Bonchev–Trinajstić information content (AvgIpc) is 2.80. The first kappa shape index (κ1) is 16.7. The van der Waals surface area contributed by atoms with Crippen molar-refractivity contribution >= 4 is 12.0 Å². The van der Waals surface area contributed by atoms with Gasteiger partial charge in [0.05, 0.1) is 24.9 Å². The molecule has 9 nitrogen and oxygen atoms in total. The van der Waals surface area contributed by atoms with Crippen LogP contribution in [0.1, 0.15) is 35.6 Å². The van der Waals surface area contributed by atoms with Gasteiger partial charge in [-0.25, -0.2) is 9.80 Å². The number of hydrogen-bond donors (Lipinski definition) is 2. The number of fused-ring (bicyclic) bond motifs is 3. The minimum absolute atomic E-state index is 0.159. The maximum Gasteiger partial charge on any atom is 0.407 e. The van der Waals surface area contributed by atoms with Crippen LogP contribution in [0.25, 0.3) is 0 Å². The van der Waals surface area contributed by atoms with Crippen LogP contribution in [0.15, 0.2) is 0 Å². The predicted octanol–water partition coefficient (Wildman–Crippen LogP) is -0.00890. The molecule has 24 heavy (non-hydrogen) atoms. The van der Waals surface area contributed by atoms with Gasteiger partial charge in [-0.2, -0.15) is 5.10 Å². The molecule has 3 rings (SSSR count). The van der Waals surface area contributed by atoms with E-state index in [2.05, 4.69) is 5.10 Å². The number of hydrogen-bond acceptors (Lipinski definition) is 5. The van der Waals surface area contributed by atoms with Crippen LogP contribution in [0.3, 0.4) is 0 Å². The summed E-state index contributed by atoms with van der Waals surface area (Å²) in [5.74, 6) is -0.221. The summed E-state index contributed by atoms with van der Waals surface area (Å²) >= 11 is 0. The molecule has 1 aromatic heterocycles. The van der Waals surface area contributed by atoms with Gasteiger partial charge in [0, 0.05) is 38.2 Å². The molecular weight excluding hydrogens is 314 g/mol. The van der Waals surface area contributed by atoms with Gasteiger partial charge < -0.3 is 15.1 Å². The Bertz CT molecular complexity index is 671. The summed E-state index contributed by atoms with van der Waals surface area (Å²) in [6.07, 6.45) is -1.03. The minimum atomic E-state index is -0.988. The normalized spacial score (nSPS) is 22.8. The number of aromatic nitrogens is 2. The standard InChI is InChI=1S/C15H23N5O4/c1-9-6-12-11(8-19(9)15(23)24)13-14(22)17(3)18(7-10(2)21)4-5-20(13)16-12/h9-10,21H,4-8H2,1-3H3,(H,23,24)/t9-,10?/m1/s1. The second-order valence-electron chi connectivity index (χ2n) is 6.55. The van der Waals surface area contributed by atoms with Crippen molar-refractivity contribution in [2.75, 3.05) is 20.1 Å². The Morgan fingerprint density at radius 3 is 2.75 bits per heavy atom. The molecule has 0 spiro atoms. The van der Waals surface area contributed by atoms with Crippen LogP contribution >= 0.6 is 0 Å². The smallest absolute Gasteiger partial charge is 0.407 e. The van der Waals surface area contributed by atoms with Crippen LogP contribution in [0.4, 0.5) is 4.79 Å². The number of carboxylic acid groups (broad SMARTS) is 1. The van der Waals surface area contributed by atoms with E-state index >= 15 is 0 Å². The van der Waals surface area contributed by atoms with Crippen molar-refractivity contribution < 1.29 is 19.8 Å². The Kier molecular flexibility index (Phi) is 4.22. The van der Waals surface area contributed by atoms with Crippen molar-refractivity contribution in [1.82, 2.24) is 24.7 Å². The van der Waals surface area contributed by atoms with Crippen LogP contribution in [-0.4, -0.2) is 79.2 Å². The Labute approximate surface area is 140 Å². The molecule has 1 unspecified atom stereocenters. The average molecular weight is 337 g/mol. The molecule has 0 radical (unpaired) electrons. The highest BCUT2D eigenvalue weighted by Crippen LogP contribution is 2.28. The number of carbonyl (C=O) groups is 2. The SMILES string of the molecule is CC(O)CN1CCn2nc3c(c2C(=O)N1C)CN(C(=O)O)[C@H](C)C3. The summed E-state index contributed by atoms with van der Waals surface area (Å²) in [5.41, 5.74) is 1.96. The molecule has 9 heteroatoms. The highest BCUT2D eigenvalue weighted by molar-refractivity contribution is 5.94. The second-order valence-corrected chi connectivity index (χ2v) is 6.55. The third kappa shape index (κ3) is 2.73. The van der Waals surface area contributed by atoms with Crippen molar-refractivity contribution in [3.8, 4) is 0 Å². The number of hydrazine groups is 1. The van der Waals surface area contributed by atoms with Gasteiger partial charge in [0.15, 0.2) is 0 Å². The molecular formula is C15H23N5O4. The van der Waals surface area contributed by atoms with Crippen molar-refractivity contribution in [2.24, 2.45) is 0 Å². The van der Waals surface area contributed by atoms with E-state index in [0.717, 1.165) is 5.69 Å². The summed E-state index contributed by atoms with van der Waals surface area (Å²) in [4.78, 5) is 25.7. The third-order valence-corrected chi connectivity index (χ3v) is 4.69. The summed E-state index contributed by atoms with van der Waals surface area (Å²) in [6.45, 7) is 5.13. The zero-order valence-corrected chi connectivity index (χ0v) is 14.1. The fourth-order valence-corrected chi connectivity index (χ4v) is 3.41. The third-order valence-electron chi connectivity index (χ3n) is 4.69. The molecule has 2 amide bonds. The lowest BCUT2D eigenvalue weighted by Crippen LogP contribution is -2.47. The molecule has 2 aliphatic rings. The summed E-state index contributed by atoms with van der Waals surface area (Å²) in [7, 11) is 1.67. The van der Waals surface area contributed by atoms with Crippen LogP contribution in [0.2, 0.25) is 0 Å². The number of carbonyl (C=O) groups excluding carboxylic acids is 1. The summed E-state index contributed by atoms with van der Waals surface area (Å²) < 4.78 is 1.68. The number of amides is 2. The highest BCUT2D eigenvalue weighted by Gasteiger charge is 2.37. The van der Waals surface area contributed by atoms with Gasteiger partial charge in [-0.3, -0.25) is 14.5 Å². The van der Waals surface area contributed by atoms with Gasteiger partial charge in [-0.15, -0.1) is 0 Å². The molecule has 0 saturated carbocycles. The maximum atomic E-state index is 12.9. The summed E-state index contributed by atoms with van der Waals surface area (Å²) in [5, 5.41) is 26.8. The molecule has 0 aliphatic carbocycles. The molecule has 3 heterocycles. The predicted molar refractivity (Wildman–Crippen MR) is 84.3 cm³/mol. The van der Waals surface area contributed by atoms with Gasteiger partial charge in [0.2, 0.25) is 0 Å². The molecule has 2 aliphatic heterocycles. The topological polar surface area (TPSA) is 102 Å². The lowest BCUT2D eigenvalue weighted by molar-refractivity contribution is -0.0144. The van der Waals surface area contributed by atoms with E-state index < -0.39 is 12.2 Å². The first-order valence-electron chi connectivity index (χ1n) is 8.08. The van der Waals surface area contributed by atoms with Gasteiger partial charge in [0.1, 0.15) is 5.69 Å². The van der Waals surface area contributed by atoms with Crippen LogP contribution in [0, 0.1) is 0 Å². The monoisotopic (exact) mass is 337 g/mol. The molecule has 0 aromatic carbocycles. The fraction of sp³-hybridized carbons (Fsp3) is 0.667. The lowest BCUT2D eigenvalue weighted by Gasteiger charge is -2.32. The number of nitrogens with zero attached hydrogens (tertiary/aromatic N) is 5. The van der Waals surface area contributed by atoms with Crippen molar-refractivity contribution in [1.29, 1.82) is 0 Å². The lowest BCUT2D eigenvalue weighted by atomic mass is 10.00. The number of β-amino-alcohol motifs (C(OH)–C–C–N with tert-alkyl or cyclic N) is 1. The first-order chi connectivity index (χ1) is 11.3. The van der Waals surface area contributed by atoms with E-state index in [0.29, 0.717) is 37.3 Å². The Hall–Kier alpha value is -2.13. The number of rotatable bonds is 2. The van der Waals surface area contributed by atoms with Gasteiger partial charge in [-0.05, 0) is 13.8 Å². The van der Waals surface area contributed by atoms with E-state index in [9.17, 15) is 19.8 Å². The van der Waals surface area contributed by atoms with E-state index in [1.165, 1.54) is 9.91 Å². The van der Waals surface area contributed by atoms with Crippen LogP contribution in [-0.2, 0) is 19.5 Å². The van der Waals surface area contributed by atoms with E-state index in [4.69, 9.17) is 0 Å². The van der Waals surface area contributed by atoms with E-state index in [1.807, 2.05) is 6.92 Å². The quantitative estimate of drug-likeness (QED) is 0.787. The Balaban J connectivity index is 1.95. The van der Waals surface area contributed by atoms with Gasteiger partial charge in [-0.1, -0.05) is 0 Å². The maximum absolute atomic E-state index is 12.9. The minimum Gasteiger partial charge on any atom is -0.465 e. The highest BCUT2D eigenvalue weighted by atomic mass is 16.4. The molecule has 0 bridgehead atoms. The van der Waals surface area contributed by atoms with Gasteiger partial charge >= 0.3 is 6.09 Å². The zero-order valence-electron chi connectivity index (χ0n) is 14.1. The number of aliphatic hydroxyl groups excluding tert-OH is 1. The second kappa shape index (κ2) is 6.06. The van der Waals surface area contributed by atoms with Crippen LogP contribution < -0.4 is 0 Å². The molecule has 2 atom stereocenters. The number of aliphatic hydroxyl groups is 1. The molecule has 0 fully saturated rings. The zero-order chi connectivity index (χ0) is 17.6. The molecule has 132 valence electrons. The summed E-state index contributed by atoms with van der Waals surface area (Å²) in [6, 6.07) is -0.159. The molecule has 1 aromatic rings. The molecule has 2 N–H and O–H groups in total. The van der Waals surface area contributed by atoms with Crippen molar-refractivity contribution in [2.45, 2.75) is 45.5 Å². The largest absolute Gasteiger partial charge is 0.465 e. The Morgan fingerprint density at radius 1 is 1.42 bits per heavy atom. The van der Waals surface area contributed by atoms with Crippen molar-refractivity contribution in [3.63, 3.8) is 0 Å². The molecule has 0 saturated heterocycles. The van der Waals surface area contributed by atoms with Gasteiger partial charge in [0.25, 0.3) is 5.91 Å². The first-order valence-corrected chi connectivity index (χ1v) is 8.08. The van der Waals surface area contributed by atoms with Crippen LogP contribution in [0.5, 0.6) is 0 Å². The van der Waals surface area contributed by atoms with Crippen molar-refractivity contribution in [3.05, 3.63) is 17.0 Å². The van der Waals surface area contributed by atoms with E-state index in [1.54, 1.807) is 23.7 Å². The Morgan fingerprint density at radius 2 is 2.12 bits per heavy atom.